The van der Waals surface area contributed by atoms with E-state index in [-0.39, 0.29) is 41.4 Å². The van der Waals surface area contributed by atoms with Crippen LogP contribution in [0.3, 0.4) is 0 Å². The van der Waals surface area contributed by atoms with E-state index < -0.39 is 0 Å². The zero-order valence-corrected chi connectivity index (χ0v) is 39.2. The number of phenols is 1. The van der Waals surface area contributed by atoms with Gasteiger partial charge in [-0.25, -0.2) is 9.59 Å². The van der Waals surface area contributed by atoms with E-state index >= 15 is 0 Å². The number of aromatic nitrogens is 4. The summed E-state index contributed by atoms with van der Waals surface area (Å²) in [6.07, 6.45) is -0.101. The molecular formula is C60H56N6O5. The Morgan fingerprint density at radius 1 is 0.451 bits per heavy atom. The molecule has 0 amide bonds. The molecule has 0 atom stereocenters. The van der Waals surface area contributed by atoms with Crippen LogP contribution in [-0.2, 0) is 13.1 Å². The molecule has 4 N–H and O–H groups in total. The van der Waals surface area contributed by atoms with E-state index in [0.717, 1.165) is 54.1 Å². The molecule has 0 aliphatic carbocycles. The van der Waals surface area contributed by atoms with E-state index in [9.17, 15) is 19.8 Å². The minimum atomic E-state index is -0.213. The van der Waals surface area contributed by atoms with Crippen molar-refractivity contribution in [3.8, 4) is 11.5 Å². The number of imidazole rings is 2. The van der Waals surface area contributed by atoms with Crippen LogP contribution in [0.1, 0.15) is 45.5 Å². The molecule has 12 rings (SSSR count). The summed E-state index contributed by atoms with van der Waals surface area (Å²) in [7, 11) is 0. The van der Waals surface area contributed by atoms with E-state index in [0.29, 0.717) is 24.1 Å². The SMILES string of the molecule is O=c1[nH]c2c(O)cccc2n1Cc1ccccc1.O=c1[nH]c2c(OC3CN(C(c4ccccc4)c4ccccc4)C3)cccc2n1Cc1ccccc1.OC1CN(C(c2ccccc2)c2ccccc2)C1. The Hall–Kier alpha value is -8.22. The minimum absolute atomic E-state index is 0.0662. The third-order valence-corrected chi connectivity index (χ3v) is 13.2. The van der Waals surface area contributed by atoms with Gasteiger partial charge in [0.2, 0.25) is 0 Å². The van der Waals surface area contributed by atoms with E-state index in [1.165, 1.54) is 22.3 Å². The average molecular weight is 941 g/mol. The Kier molecular flexibility index (Phi) is 14.2. The van der Waals surface area contributed by atoms with Crippen LogP contribution in [0.5, 0.6) is 11.5 Å². The normalized spacial score (nSPS) is 14.1. The van der Waals surface area contributed by atoms with Gasteiger partial charge in [-0.05, 0) is 57.6 Å². The molecule has 2 saturated heterocycles. The highest BCUT2D eigenvalue weighted by atomic mass is 16.5. The predicted molar refractivity (Wildman–Crippen MR) is 281 cm³/mol. The van der Waals surface area contributed by atoms with Crippen LogP contribution < -0.4 is 16.1 Å². The van der Waals surface area contributed by atoms with Gasteiger partial charge >= 0.3 is 11.4 Å². The van der Waals surface area contributed by atoms with Crippen LogP contribution in [-0.4, -0.2) is 77.5 Å². The second-order valence-electron chi connectivity index (χ2n) is 18.1. The quantitative estimate of drug-likeness (QED) is 0.0960. The van der Waals surface area contributed by atoms with Gasteiger partial charge in [-0.2, -0.15) is 0 Å². The zero-order chi connectivity index (χ0) is 48.5. The number of rotatable bonds is 12. The van der Waals surface area contributed by atoms with Gasteiger partial charge in [-0.3, -0.25) is 18.9 Å². The van der Waals surface area contributed by atoms with Crippen LogP contribution in [0.25, 0.3) is 22.1 Å². The third-order valence-electron chi connectivity index (χ3n) is 13.2. The number of β-amino-alcohol motifs (C(OH)–C–C–N with tert-alkyl or cyclic N) is 1. The number of para-hydroxylation sites is 2. The number of hydrogen-bond donors (Lipinski definition) is 4. The molecule has 10 aromatic rings. The Balaban J connectivity index is 0.000000136. The second kappa shape index (κ2) is 21.6. The smallest absolute Gasteiger partial charge is 0.326 e. The number of likely N-dealkylation sites (tertiary alicyclic amines) is 2. The molecule has 11 nitrogen and oxygen atoms in total. The zero-order valence-electron chi connectivity index (χ0n) is 39.2. The van der Waals surface area contributed by atoms with Crippen LogP contribution in [0.15, 0.2) is 228 Å². The lowest BCUT2D eigenvalue weighted by atomic mass is 9.94. The number of phenolic OH excluding ortho intramolecular Hbond substituents is 1. The Labute approximate surface area is 412 Å². The summed E-state index contributed by atoms with van der Waals surface area (Å²) in [6.45, 7) is 4.17. The van der Waals surface area contributed by atoms with Gasteiger partial charge < -0.3 is 24.9 Å². The van der Waals surface area contributed by atoms with Crippen LogP contribution in [0, 0.1) is 0 Å². The molecule has 0 saturated carbocycles. The van der Waals surface area contributed by atoms with Crippen LogP contribution in [0.4, 0.5) is 0 Å². The molecule has 0 spiro atoms. The Morgan fingerprint density at radius 2 is 0.817 bits per heavy atom. The number of fused-ring (bicyclic) bond motifs is 2. The van der Waals surface area contributed by atoms with Gasteiger partial charge in [0.15, 0.2) is 0 Å². The van der Waals surface area contributed by atoms with Gasteiger partial charge in [0, 0.05) is 26.2 Å². The predicted octanol–water partition coefficient (Wildman–Crippen LogP) is 9.77. The summed E-state index contributed by atoms with van der Waals surface area (Å²) in [6, 6.07) is 73.4. The van der Waals surface area contributed by atoms with Crippen molar-refractivity contribution < 1.29 is 14.9 Å². The summed E-state index contributed by atoms with van der Waals surface area (Å²) >= 11 is 0. The van der Waals surface area contributed by atoms with Gasteiger partial charge in [0.1, 0.15) is 28.6 Å². The number of nitrogens with zero attached hydrogens (tertiary/aromatic N) is 4. The number of H-pyrrole nitrogens is 2. The molecule has 2 aliphatic heterocycles. The van der Waals surface area contributed by atoms with Crippen molar-refractivity contribution in [3.05, 3.63) is 273 Å². The minimum Gasteiger partial charge on any atom is -0.506 e. The average Bonchev–Trinajstić information content (AvgIpc) is 3.89. The van der Waals surface area contributed by atoms with Crippen molar-refractivity contribution in [2.45, 2.75) is 37.4 Å². The second-order valence-corrected chi connectivity index (χ2v) is 18.1. The molecule has 2 aromatic heterocycles. The standard InChI is InChI=1S/C30H27N3O2.C16H17NO.C14H12N2O2/c34-30-31-28-26(33(30)19-22-11-4-1-5-12-22)17-10-18-27(28)35-25-20-32(21-25)29(23-13-6-2-7-14-23)24-15-8-3-9-16-24;18-15-11-17(12-15)16(13-7-3-1-4-8-13)14-9-5-2-6-10-14;17-12-8-4-7-11-13(12)15-14(18)16(11)9-10-5-2-1-3-6-10/h1-18,25,29H,19-21H2,(H,31,34);1-10,15-16,18H,11-12H2;1-8,17H,9H2,(H,15,18). The fourth-order valence-electron chi connectivity index (χ4n) is 9.67. The lowest BCUT2D eigenvalue weighted by Gasteiger charge is -2.44. The molecule has 8 aromatic carbocycles. The van der Waals surface area contributed by atoms with Crippen molar-refractivity contribution in [2.75, 3.05) is 26.2 Å². The molecule has 2 fully saturated rings. The molecule has 4 heterocycles. The molecule has 71 heavy (non-hydrogen) atoms. The number of ether oxygens (including phenoxy) is 1. The first-order valence-corrected chi connectivity index (χ1v) is 24.1. The highest BCUT2D eigenvalue weighted by molar-refractivity contribution is 5.82. The summed E-state index contributed by atoms with van der Waals surface area (Å²) in [5.74, 6) is 0.823. The van der Waals surface area contributed by atoms with Crippen molar-refractivity contribution in [3.63, 3.8) is 0 Å². The number of aliphatic hydroxyl groups is 1. The number of aromatic amines is 2. The maximum Gasteiger partial charge on any atom is 0.326 e. The number of aliphatic hydroxyl groups excluding tert-OH is 1. The molecule has 356 valence electrons. The molecule has 0 radical (unpaired) electrons. The number of hydrogen-bond acceptors (Lipinski definition) is 7. The van der Waals surface area contributed by atoms with Crippen molar-refractivity contribution in [1.29, 1.82) is 0 Å². The molecule has 11 heteroatoms. The molecule has 0 bridgehead atoms. The topological polar surface area (TPSA) is 132 Å². The maximum absolute atomic E-state index is 12.8. The monoisotopic (exact) mass is 940 g/mol. The molecule has 2 aliphatic rings. The summed E-state index contributed by atoms with van der Waals surface area (Å²) in [5, 5.41) is 19.2. The number of benzene rings is 8. The largest absolute Gasteiger partial charge is 0.506 e. The molecular weight excluding hydrogens is 885 g/mol. The summed E-state index contributed by atoms with van der Waals surface area (Å²) in [4.78, 5) is 35.1. The Morgan fingerprint density at radius 3 is 1.24 bits per heavy atom. The van der Waals surface area contributed by atoms with E-state index in [4.69, 9.17) is 4.74 Å². The van der Waals surface area contributed by atoms with Crippen molar-refractivity contribution >= 4 is 22.1 Å². The van der Waals surface area contributed by atoms with Crippen LogP contribution >= 0.6 is 0 Å². The van der Waals surface area contributed by atoms with Crippen molar-refractivity contribution in [2.24, 2.45) is 0 Å². The first-order chi connectivity index (χ1) is 34.9. The first kappa shape index (κ1) is 46.5. The van der Waals surface area contributed by atoms with Gasteiger partial charge in [0.25, 0.3) is 0 Å². The maximum atomic E-state index is 12.8. The highest BCUT2D eigenvalue weighted by Crippen LogP contribution is 2.35. The summed E-state index contributed by atoms with van der Waals surface area (Å²) < 4.78 is 9.79. The fourth-order valence-corrected chi connectivity index (χ4v) is 9.67. The van der Waals surface area contributed by atoms with Gasteiger partial charge in [0.05, 0.1) is 42.3 Å². The number of aromatic hydroxyl groups is 1. The number of nitrogens with one attached hydrogen (secondary N) is 2. The lowest BCUT2D eigenvalue weighted by Crippen LogP contribution is -2.55. The van der Waals surface area contributed by atoms with E-state index in [1.54, 1.807) is 21.3 Å². The first-order valence-electron chi connectivity index (χ1n) is 24.1. The summed E-state index contributed by atoms with van der Waals surface area (Å²) in [5.41, 5.74) is 9.75. The third kappa shape index (κ3) is 10.7. The van der Waals surface area contributed by atoms with Gasteiger partial charge in [-0.15, -0.1) is 0 Å². The van der Waals surface area contributed by atoms with Gasteiger partial charge in [-0.1, -0.05) is 194 Å². The van der Waals surface area contributed by atoms with Crippen LogP contribution in [0.2, 0.25) is 0 Å². The lowest BCUT2D eigenvalue weighted by molar-refractivity contribution is -0.0160. The molecule has 0 unspecified atom stereocenters. The van der Waals surface area contributed by atoms with E-state index in [2.05, 4.69) is 129 Å². The highest BCUT2D eigenvalue weighted by Gasteiger charge is 2.36. The fraction of sp³-hybridized carbons (Fsp3) is 0.167. The van der Waals surface area contributed by atoms with Crippen molar-refractivity contribution in [1.82, 2.24) is 28.9 Å². The van der Waals surface area contributed by atoms with E-state index in [1.807, 2.05) is 97.1 Å². The Bertz CT molecular complexity index is 3310.